The zero-order valence-electron chi connectivity index (χ0n) is 10.2. The molecule has 0 amide bonds. The number of nitrogens with zero attached hydrogens (tertiary/aromatic N) is 2. The number of aryl methyl sites for hydroxylation is 1. The molecule has 1 heterocycles. The lowest BCUT2D eigenvalue weighted by Crippen LogP contribution is -1.97. The first-order valence-corrected chi connectivity index (χ1v) is 6.13. The van der Waals surface area contributed by atoms with Gasteiger partial charge in [-0.2, -0.15) is 0 Å². The number of halogens is 2. The van der Waals surface area contributed by atoms with Crippen LogP contribution in [0.25, 0.3) is 11.0 Å². The average Bonchev–Trinajstić information content (AvgIpc) is 2.72. The SMILES string of the molecule is C=CCCCCCn1cnc2cc(F)c(F)cc21. The van der Waals surface area contributed by atoms with Crippen molar-refractivity contribution in [3.05, 3.63) is 42.7 Å². The highest BCUT2D eigenvalue weighted by molar-refractivity contribution is 5.75. The van der Waals surface area contributed by atoms with E-state index in [0.717, 1.165) is 38.3 Å². The zero-order valence-corrected chi connectivity index (χ0v) is 10.2. The van der Waals surface area contributed by atoms with Gasteiger partial charge in [-0.25, -0.2) is 13.8 Å². The highest BCUT2D eigenvalue weighted by Crippen LogP contribution is 2.18. The van der Waals surface area contributed by atoms with Crippen molar-refractivity contribution in [3.8, 4) is 0 Å². The third-order valence-corrected chi connectivity index (χ3v) is 2.97. The Kier molecular flexibility index (Phi) is 4.07. The number of rotatable bonds is 6. The minimum absolute atomic E-state index is 0.500. The molecule has 0 unspecified atom stereocenters. The van der Waals surface area contributed by atoms with Gasteiger partial charge in [0.15, 0.2) is 11.6 Å². The number of hydrogen-bond donors (Lipinski definition) is 0. The summed E-state index contributed by atoms with van der Waals surface area (Å²) in [6.07, 6.45) is 7.76. The maximum absolute atomic E-state index is 13.2. The van der Waals surface area contributed by atoms with Gasteiger partial charge in [0.2, 0.25) is 0 Å². The lowest BCUT2D eigenvalue weighted by molar-refractivity contribution is 0.510. The van der Waals surface area contributed by atoms with E-state index in [2.05, 4.69) is 11.6 Å². The average molecular weight is 250 g/mol. The molecule has 96 valence electrons. The molecule has 2 rings (SSSR count). The molecule has 4 heteroatoms. The van der Waals surface area contributed by atoms with Crippen molar-refractivity contribution in [1.82, 2.24) is 9.55 Å². The first kappa shape index (κ1) is 12.7. The second kappa shape index (κ2) is 5.76. The van der Waals surface area contributed by atoms with E-state index in [1.807, 2.05) is 10.6 Å². The Morgan fingerprint density at radius 1 is 1.17 bits per heavy atom. The van der Waals surface area contributed by atoms with Gasteiger partial charge in [0, 0.05) is 18.7 Å². The lowest BCUT2D eigenvalue weighted by atomic mass is 10.2. The van der Waals surface area contributed by atoms with Crippen LogP contribution in [0, 0.1) is 11.6 Å². The van der Waals surface area contributed by atoms with Gasteiger partial charge in [-0.05, 0) is 19.3 Å². The number of aromatic nitrogens is 2. The summed E-state index contributed by atoms with van der Waals surface area (Å²) in [6.45, 7) is 4.45. The molecule has 0 radical (unpaired) electrons. The molecule has 0 atom stereocenters. The molecule has 0 saturated carbocycles. The van der Waals surface area contributed by atoms with Crippen LogP contribution in [0.3, 0.4) is 0 Å². The number of hydrogen-bond acceptors (Lipinski definition) is 1. The molecule has 0 aliphatic heterocycles. The van der Waals surface area contributed by atoms with Gasteiger partial charge in [0.25, 0.3) is 0 Å². The minimum atomic E-state index is -0.848. The van der Waals surface area contributed by atoms with Crippen LogP contribution < -0.4 is 0 Å². The summed E-state index contributed by atoms with van der Waals surface area (Å²) >= 11 is 0. The zero-order chi connectivity index (χ0) is 13.0. The molecular weight excluding hydrogens is 234 g/mol. The largest absolute Gasteiger partial charge is 0.331 e. The number of allylic oxidation sites excluding steroid dienone is 1. The molecule has 2 nitrogen and oxygen atoms in total. The predicted molar refractivity (Wildman–Crippen MR) is 68.3 cm³/mol. The van der Waals surface area contributed by atoms with Crippen LogP contribution in [-0.2, 0) is 6.54 Å². The van der Waals surface area contributed by atoms with Crippen LogP contribution >= 0.6 is 0 Å². The molecule has 2 aromatic rings. The van der Waals surface area contributed by atoms with Gasteiger partial charge < -0.3 is 4.57 Å². The second-order valence-corrected chi connectivity index (χ2v) is 4.33. The normalized spacial score (nSPS) is 11.0. The third kappa shape index (κ3) is 2.75. The number of imidazole rings is 1. The van der Waals surface area contributed by atoms with Crippen LogP contribution in [0.15, 0.2) is 31.1 Å². The summed E-state index contributed by atoms with van der Waals surface area (Å²) in [5, 5.41) is 0. The number of benzene rings is 1. The summed E-state index contributed by atoms with van der Waals surface area (Å²) < 4.78 is 28.1. The van der Waals surface area contributed by atoms with E-state index in [1.165, 1.54) is 6.07 Å². The van der Waals surface area contributed by atoms with Crippen LogP contribution in [0.4, 0.5) is 8.78 Å². The molecule has 0 spiro atoms. The van der Waals surface area contributed by atoms with Crippen LogP contribution in [0.1, 0.15) is 25.7 Å². The molecule has 0 N–H and O–H groups in total. The van der Waals surface area contributed by atoms with Crippen LogP contribution in [0.2, 0.25) is 0 Å². The van der Waals surface area contributed by atoms with Crippen molar-refractivity contribution in [3.63, 3.8) is 0 Å². The van der Waals surface area contributed by atoms with Gasteiger partial charge in [-0.15, -0.1) is 6.58 Å². The van der Waals surface area contributed by atoms with Crippen molar-refractivity contribution in [2.24, 2.45) is 0 Å². The van der Waals surface area contributed by atoms with Gasteiger partial charge in [0.05, 0.1) is 17.4 Å². The Morgan fingerprint density at radius 3 is 2.72 bits per heavy atom. The standard InChI is InChI=1S/C14H16F2N2/c1-2-3-4-5-6-7-18-10-17-13-8-11(15)12(16)9-14(13)18/h2,8-10H,1,3-7H2. The first-order valence-electron chi connectivity index (χ1n) is 6.13. The summed E-state index contributed by atoms with van der Waals surface area (Å²) in [6, 6.07) is 2.35. The highest BCUT2D eigenvalue weighted by atomic mass is 19.2. The summed E-state index contributed by atoms with van der Waals surface area (Å²) in [5.41, 5.74) is 1.15. The topological polar surface area (TPSA) is 17.8 Å². The highest BCUT2D eigenvalue weighted by Gasteiger charge is 2.08. The lowest BCUT2D eigenvalue weighted by Gasteiger charge is -2.04. The van der Waals surface area contributed by atoms with E-state index in [-0.39, 0.29) is 0 Å². The van der Waals surface area contributed by atoms with E-state index in [0.29, 0.717) is 11.0 Å². The van der Waals surface area contributed by atoms with Crippen molar-refractivity contribution < 1.29 is 8.78 Å². The molecule has 1 aromatic heterocycles. The molecule has 0 saturated heterocycles. The van der Waals surface area contributed by atoms with Crippen molar-refractivity contribution >= 4 is 11.0 Å². The number of unbranched alkanes of at least 4 members (excludes halogenated alkanes) is 3. The summed E-state index contributed by atoms with van der Waals surface area (Å²) in [7, 11) is 0. The van der Waals surface area contributed by atoms with Gasteiger partial charge in [-0.3, -0.25) is 0 Å². The predicted octanol–water partition coefficient (Wildman–Crippen LogP) is 4.06. The maximum Gasteiger partial charge on any atom is 0.161 e. The minimum Gasteiger partial charge on any atom is -0.331 e. The molecule has 0 aliphatic carbocycles. The summed E-state index contributed by atoms with van der Waals surface area (Å²) in [5.74, 6) is -1.67. The smallest absolute Gasteiger partial charge is 0.161 e. The quantitative estimate of drug-likeness (QED) is 0.558. The van der Waals surface area contributed by atoms with E-state index in [9.17, 15) is 8.78 Å². The van der Waals surface area contributed by atoms with Crippen molar-refractivity contribution in [1.29, 1.82) is 0 Å². The number of fused-ring (bicyclic) bond motifs is 1. The van der Waals surface area contributed by atoms with Crippen LogP contribution in [0.5, 0.6) is 0 Å². The fraction of sp³-hybridized carbons (Fsp3) is 0.357. The van der Waals surface area contributed by atoms with Gasteiger partial charge in [0.1, 0.15) is 0 Å². The van der Waals surface area contributed by atoms with Crippen LogP contribution in [-0.4, -0.2) is 9.55 Å². The molecule has 1 aromatic carbocycles. The Balaban J connectivity index is 2.05. The van der Waals surface area contributed by atoms with Crippen molar-refractivity contribution in [2.45, 2.75) is 32.2 Å². The maximum atomic E-state index is 13.2. The molecule has 0 bridgehead atoms. The van der Waals surface area contributed by atoms with Gasteiger partial charge in [-0.1, -0.05) is 12.5 Å². The molecule has 0 fully saturated rings. The molecule has 18 heavy (non-hydrogen) atoms. The Hall–Kier alpha value is -1.71. The third-order valence-electron chi connectivity index (χ3n) is 2.97. The molecular formula is C14H16F2N2. The van der Waals surface area contributed by atoms with Gasteiger partial charge >= 0.3 is 0 Å². The first-order chi connectivity index (χ1) is 8.72. The Morgan fingerprint density at radius 2 is 1.94 bits per heavy atom. The Labute approximate surface area is 105 Å². The fourth-order valence-corrected chi connectivity index (χ4v) is 1.98. The Bertz CT molecular complexity index is 546. The van der Waals surface area contributed by atoms with Crippen molar-refractivity contribution in [2.75, 3.05) is 0 Å². The summed E-state index contributed by atoms with van der Waals surface area (Å²) in [4.78, 5) is 4.08. The van der Waals surface area contributed by atoms with E-state index >= 15 is 0 Å². The molecule has 0 aliphatic rings. The monoisotopic (exact) mass is 250 g/mol. The van der Waals surface area contributed by atoms with E-state index in [4.69, 9.17) is 0 Å². The second-order valence-electron chi connectivity index (χ2n) is 4.33. The fourth-order valence-electron chi connectivity index (χ4n) is 1.98. The van der Waals surface area contributed by atoms with E-state index in [1.54, 1.807) is 6.33 Å². The van der Waals surface area contributed by atoms with E-state index < -0.39 is 11.6 Å².